The smallest absolute Gasteiger partial charge is 0.264 e. The molecule has 148 valence electrons. The van der Waals surface area contributed by atoms with Crippen LogP contribution in [0.2, 0.25) is 0 Å². The maximum atomic E-state index is 12.8. The second-order valence-corrected chi connectivity index (χ2v) is 9.12. The first-order valence-corrected chi connectivity index (χ1v) is 11.1. The average Bonchev–Trinajstić information content (AvgIpc) is 3.32. The molecule has 2 aromatic heterocycles. The minimum atomic E-state index is 0.0571. The highest BCUT2D eigenvalue weighted by Gasteiger charge is 2.21. The van der Waals surface area contributed by atoms with Crippen molar-refractivity contribution in [1.82, 2.24) is 9.88 Å². The third-order valence-corrected chi connectivity index (χ3v) is 6.39. The minimum absolute atomic E-state index is 0.0571. The lowest BCUT2D eigenvalue weighted by Crippen LogP contribution is -2.36. The number of nitrogens with zero attached hydrogens (tertiary/aromatic N) is 2. The molecule has 0 aliphatic heterocycles. The third kappa shape index (κ3) is 4.80. The molecule has 0 saturated carbocycles. The summed E-state index contributed by atoms with van der Waals surface area (Å²) in [5.74, 6) is 0.965. The van der Waals surface area contributed by atoms with E-state index in [1.165, 1.54) is 22.5 Å². The summed E-state index contributed by atoms with van der Waals surface area (Å²) in [5, 5.41) is 4.87. The predicted molar refractivity (Wildman–Crippen MR) is 116 cm³/mol. The molecule has 0 radical (unpaired) electrons. The number of ether oxygens (including phenoxy) is 1. The monoisotopic (exact) mass is 414 g/mol. The number of thiazole rings is 1. The molecule has 0 aliphatic carbocycles. The fraction of sp³-hybridized carbons (Fsp3) is 0.364. The lowest BCUT2D eigenvalue weighted by atomic mass is 10.1. The molecule has 4 nitrogen and oxygen atoms in total. The van der Waals surface area contributed by atoms with Crippen LogP contribution in [0.3, 0.4) is 0 Å². The van der Waals surface area contributed by atoms with Crippen LogP contribution in [0.4, 0.5) is 0 Å². The molecule has 28 heavy (non-hydrogen) atoms. The Morgan fingerprint density at radius 1 is 1.21 bits per heavy atom. The molecule has 0 bridgehead atoms. The molecule has 6 heteroatoms. The number of hydrogen-bond acceptors (Lipinski definition) is 5. The Kier molecular flexibility index (Phi) is 6.52. The van der Waals surface area contributed by atoms with Gasteiger partial charge in [0.1, 0.15) is 17.4 Å². The first kappa shape index (κ1) is 20.6. The number of carbonyl (C=O) groups is 1. The van der Waals surface area contributed by atoms with E-state index in [-0.39, 0.29) is 11.9 Å². The topological polar surface area (TPSA) is 42.4 Å². The Balaban J connectivity index is 1.67. The van der Waals surface area contributed by atoms with Gasteiger partial charge in [-0.05, 0) is 68.8 Å². The van der Waals surface area contributed by atoms with Crippen LogP contribution in [0.5, 0.6) is 5.75 Å². The zero-order valence-corrected chi connectivity index (χ0v) is 18.6. The SMILES string of the molecule is Cc1cc(C)c(C)c(OCc2nc(CN(C(=O)c3cccs3)C(C)C)cs2)c1. The summed E-state index contributed by atoms with van der Waals surface area (Å²) in [6, 6.07) is 8.11. The largest absolute Gasteiger partial charge is 0.486 e. The highest BCUT2D eigenvalue weighted by atomic mass is 32.1. The van der Waals surface area contributed by atoms with Crippen molar-refractivity contribution in [1.29, 1.82) is 0 Å². The van der Waals surface area contributed by atoms with Gasteiger partial charge in [-0.1, -0.05) is 12.1 Å². The zero-order chi connectivity index (χ0) is 20.3. The molecule has 0 saturated heterocycles. The van der Waals surface area contributed by atoms with E-state index >= 15 is 0 Å². The van der Waals surface area contributed by atoms with Gasteiger partial charge in [0.05, 0.1) is 17.1 Å². The number of thiophene rings is 1. The Labute approximate surface area is 174 Å². The van der Waals surface area contributed by atoms with Gasteiger partial charge in [0.25, 0.3) is 5.91 Å². The van der Waals surface area contributed by atoms with Crippen LogP contribution in [-0.2, 0) is 13.2 Å². The standard InChI is InChI=1S/C22H26N2O2S2/c1-14(2)24(22(25)20-7-6-8-27-20)11-18-13-28-21(23-18)12-26-19-10-15(3)9-16(4)17(19)5/h6-10,13-14H,11-12H2,1-5H3. The molecule has 3 aromatic rings. The van der Waals surface area contributed by atoms with Crippen LogP contribution in [0.15, 0.2) is 35.0 Å². The van der Waals surface area contributed by atoms with Crippen LogP contribution >= 0.6 is 22.7 Å². The highest BCUT2D eigenvalue weighted by Crippen LogP contribution is 2.25. The summed E-state index contributed by atoms with van der Waals surface area (Å²) < 4.78 is 6.03. The molecule has 2 heterocycles. The molecule has 0 fully saturated rings. The van der Waals surface area contributed by atoms with E-state index in [9.17, 15) is 4.79 Å². The van der Waals surface area contributed by atoms with Gasteiger partial charge in [0.15, 0.2) is 0 Å². The van der Waals surface area contributed by atoms with Crippen LogP contribution in [0.1, 0.15) is 50.9 Å². The summed E-state index contributed by atoms with van der Waals surface area (Å²) in [6.07, 6.45) is 0. The number of aromatic nitrogens is 1. The van der Waals surface area contributed by atoms with Crippen molar-refractivity contribution in [3.05, 3.63) is 67.3 Å². The van der Waals surface area contributed by atoms with Gasteiger partial charge in [0, 0.05) is 11.4 Å². The second-order valence-electron chi connectivity index (χ2n) is 7.23. The first-order chi connectivity index (χ1) is 13.3. The van der Waals surface area contributed by atoms with Gasteiger partial charge in [-0.15, -0.1) is 22.7 Å². The van der Waals surface area contributed by atoms with Crippen LogP contribution in [0, 0.1) is 20.8 Å². The molecular formula is C22H26N2O2S2. The van der Waals surface area contributed by atoms with Crippen molar-refractivity contribution in [2.24, 2.45) is 0 Å². The number of rotatable bonds is 7. The molecule has 1 amide bonds. The Morgan fingerprint density at radius 2 is 2.00 bits per heavy atom. The summed E-state index contributed by atoms with van der Waals surface area (Å²) in [5.41, 5.74) is 4.49. The van der Waals surface area contributed by atoms with E-state index < -0.39 is 0 Å². The van der Waals surface area contributed by atoms with Crippen LogP contribution in [0.25, 0.3) is 0 Å². The quantitative estimate of drug-likeness (QED) is 0.494. The van der Waals surface area contributed by atoms with E-state index in [1.807, 2.05) is 41.6 Å². The fourth-order valence-corrected chi connectivity index (χ4v) is 4.36. The second kappa shape index (κ2) is 8.88. The van der Waals surface area contributed by atoms with Gasteiger partial charge in [-0.25, -0.2) is 4.98 Å². The molecule has 0 aliphatic rings. The average molecular weight is 415 g/mol. The van der Waals surface area contributed by atoms with Crippen molar-refractivity contribution in [2.75, 3.05) is 0 Å². The lowest BCUT2D eigenvalue weighted by Gasteiger charge is -2.25. The summed E-state index contributed by atoms with van der Waals surface area (Å²) in [4.78, 5) is 20.1. The summed E-state index contributed by atoms with van der Waals surface area (Å²) >= 11 is 3.05. The highest BCUT2D eigenvalue weighted by molar-refractivity contribution is 7.12. The number of carbonyl (C=O) groups excluding carboxylic acids is 1. The van der Waals surface area contributed by atoms with E-state index in [0.717, 1.165) is 26.9 Å². The van der Waals surface area contributed by atoms with Gasteiger partial charge in [0.2, 0.25) is 0 Å². The van der Waals surface area contributed by atoms with E-state index in [4.69, 9.17) is 4.74 Å². The third-order valence-electron chi connectivity index (χ3n) is 4.66. The van der Waals surface area contributed by atoms with Crippen molar-refractivity contribution in [3.8, 4) is 5.75 Å². The predicted octanol–water partition coefficient (Wildman–Crippen LogP) is 5.76. The number of benzene rings is 1. The van der Waals surface area contributed by atoms with Crippen molar-refractivity contribution < 1.29 is 9.53 Å². The molecule has 3 rings (SSSR count). The molecular weight excluding hydrogens is 388 g/mol. The zero-order valence-electron chi connectivity index (χ0n) is 17.0. The fourth-order valence-electron chi connectivity index (χ4n) is 2.98. The summed E-state index contributed by atoms with van der Waals surface area (Å²) in [6.45, 7) is 11.3. The number of amides is 1. The van der Waals surface area contributed by atoms with E-state index in [1.54, 1.807) is 11.3 Å². The minimum Gasteiger partial charge on any atom is -0.486 e. The van der Waals surface area contributed by atoms with Crippen molar-refractivity contribution in [3.63, 3.8) is 0 Å². The molecule has 0 unspecified atom stereocenters. The maximum absolute atomic E-state index is 12.8. The van der Waals surface area contributed by atoms with Gasteiger partial charge in [-0.3, -0.25) is 4.79 Å². The van der Waals surface area contributed by atoms with Crippen LogP contribution < -0.4 is 4.74 Å². The Bertz CT molecular complexity index is 946. The van der Waals surface area contributed by atoms with Crippen molar-refractivity contribution in [2.45, 2.75) is 53.8 Å². The van der Waals surface area contributed by atoms with Crippen molar-refractivity contribution >= 4 is 28.6 Å². The maximum Gasteiger partial charge on any atom is 0.264 e. The molecule has 0 atom stereocenters. The molecule has 0 spiro atoms. The molecule has 1 aromatic carbocycles. The Morgan fingerprint density at radius 3 is 2.68 bits per heavy atom. The first-order valence-electron chi connectivity index (χ1n) is 9.33. The lowest BCUT2D eigenvalue weighted by molar-refractivity contribution is 0.0693. The van der Waals surface area contributed by atoms with Crippen LogP contribution in [-0.4, -0.2) is 21.8 Å². The van der Waals surface area contributed by atoms with E-state index in [2.05, 4.69) is 37.9 Å². The summed E-state index contributed by atoms with van der Waals surface area (Å²) in [7, 11) is 0. The molecule has 0 N–H and O–H groups in total. The van der Waals surface area contributed by atoms with Gasteiger partial charge < -0.3 is 9.64 Å². The van der Waals surface area contributed by atoms with Gasteiger partial charge >= 0.3 is 0 Å². The van der Waals surface area contributed by atoms with E-state index in [0.29, 0.717) is 13.2 Å². The Hall–Kier alpha value is -2.18. The normalized spacial score (nSPS) is 11.1. The number of aryl methyl sites for hydroxylation is 2. The van der Waals surface area contributed by atoms with Gasteiger partial charge in [-0.2, -0.15) is 0 Å². The number of hydrogen-bond donors (Lipinski definition) is 0.